The summed E-state index contributed by atoms with van der Waals surface area (Å²) >= 11 is 0. The second kappa shape index (κ2) is 8.90. The Bertz CT molecular complexity index is 1500. The molecule has 0 aliphatic rings. The van der Waals surface area contributed by atoms with Gasteiger partial charge in [-0.25, -0.2) is 9.97 Å². The largest absolute Gasteiger partial charge is 0.337 e. The molecule has 0 amide bonds. The quantitative estimate of drug-likeness (QED) is 0.329. The second-order valence-electron chi connectivity index (χ2n) is 8.55. The predicted molar refractivity (Wildman–Crippen MR) is 135 cm³/mol. The van der Waals surface area contributed by atoms with Crippen LogP contribution in [-0.4, -0.2) is 25.1 Å². The van der Waals surface area contributed by atoms with Crippen molar-refractivity contribution in [2.75, 3.05) is 5.32 Å². The lowest BCUT2D eigenvalue weighted by molar-refractivity contribution is 0.0993. The van der Waals surface area contributed by atoms with Crippen molar-refractivity contribution < 1.29 is 4.79 Å². The monoisotopic (exact) mass is 447 g/mol. The molecule has 5 aromatic rings. The maximum atomic E-state index is 12.8. The lowest BCUT2D eigenvalue weighted by atomic mass is 10.00. The summed E-state index contributed by atoms with van der Waals surface area (Å²) in [6, 6.07) is 17.7. The Hall–Kier alpha value is -4.32. The van der Waals surface area contributed by atoms with Crippen molar-refractivity contribution in [2.24, 2.45) is 0 Å². The third-order valence-corrected chi connectivity index (χ3v) is 5.89. The number of rotatable bonds is 6. The minimum atomic E-state index is 0.0986. The molecule has 0 aliphatic carbocycles. The van der Waals surface area contributed by atoms with E-state index in [1.165, 1.54) is 0 Å². The minimum Gasteiger partial charge on any atom is -0.337 e. The number of pyridine rings is 1. The molecule has 0 saturated heterocycles. The van der Waals surface area contributed by atoms with Crippen LogP contribution in [0.15, 0.2) is 79.4 Å². The summed E-state index contributed by atoms with van der Waals surface area (Å²) in [6.07, 6.45) is 7.69. The zero-order valence-corrected chi connectivity index (χ0v) is 19.4. The fourth-order valence-electron chi connectivity index (χ4n) is 3.99. The Kier molecular flexibility index (Phi) is 5.64. The second-order valence-corrected chi connectivity index (χ2v) is 8.55. The van der Waals surface area contributed by atoms with Crippen LogP contribution in [0.2, 0.25) is 0 Å². The number of benzene rings is 2. The Morgan fingerprint density at radius 3 is 2.68 bits per heavy atom. The first-order chi connectivity index (χ1) is 16.5. The molecule has 3 heterocycles. The number of aromatic nitrogens is 4. The smallest absolute Gasteiger partial charge is 0.180 e. The van der Waals surface area contributed by atoms with E-state index in [1.807, 2.05) is 92.2 Å². The molecule has 1 N–H and O–H groups in total. The number of anilines is 2. The summed E-state index contributed by atoms with van der Waals surface area (Å²) in [7, 11) is 0. The van der Waals surface area contributed by atoms with Crippen molar-refractivity contribution in [1.82, 2.24) is 19.4 Å². The van der Waals surface area contributed by atoms with Crippen LogP contribution >= 0.6 is 0 Å². The molecule has 0 bridgehead atoms. The number of nitrogens with one attached hydrogen (secondary N) is 1. The first kappa shape index (κ1) is 21.5. The van der Waals surface area contributed by atoms with Gasteiger partial charge in [0.1, 0.15) is 0 Å². The average molecular weight is 448 g/mol. The standard InChI is InChI=1S/C28H25N5O/c1-18-6-4-7-22(12-18)26(34)14-21-10-9-19(2)24(13-21)31-27-28-30-15-20(3)33(28)17-25(32-27)23-8-5-11-29-16-23/h4-13,15-17H,14H2,1-3H3,(H,31,32). The van der Waals surface area contributed by atoms with Crippen molar-refractivity contribution in [3.8, 4) is 11.3 Å². The van der Waals surface area contributed by atoms with Gasteiger partial charge in [0.05, 0.1) is 5.69 Å². The zero-order chi connectivity index (χ0) is 23.7. The van der Waals surface area contributed by atoms with Gasteiger partial charge in [-0.05, 0) is 56.2 Å². The maximum Gasteiger partial charge on any atom is 0.180 e. The molecule has 3 aromatic heterocycles. The molecule has 34 heavy (non-hydrogen) atoms. The number of carbonyl (C=O) groups excluding carboxylic acids is 1. The molecule has 6 nitrogen and oxygen atoms in total. The van der Waals surface area contributed by atoms with Gasteiger partial charge in [0, 0.05) is 53.7 Å². The van der Waals surface area contributed by atoms with E-state index in [9.17, 15) is 4.79 Å². The van der Waals surface area contributed by atoms with Crippen LogP contribution in [0.1, 0.15) is 32.7 Å². The van der Waals surface area contributed by atoms with Gasteiger partial charge in [0.2, 0.25) is 0 Å². The lowest BCUT2D eigenvalue weighted by Gasteiger charge is -2.14. The molecule has 0 radical (unpaired) electrons. The van der Waals surface area contributed by atoms with Gasteiger partial charge < -0.3 is 5.32 Å². The first-order valence-electron chi connectivity index (χ1n) is 11.2. The molecule has 0 atom stereocenters. The normalized spacial score (nSPS) is 11.0. The van der Waals surface area contributed by atoms with Crippen molar-refractivity contribution in [1.29, 1.82) is 0 Å². The summed E-state index contributed by atoms with van der Waals surface area (Å²) in [6.45, 7) is 6.04. The van der Waals surface area contributed by atoms with Gasteiger partial charge in [0.25, 0.3) is 0 Å². The number of hydrogen-bond acceptors (Lipinski definition) is 5. The van der Waals surface area contributed by atoms with Gasteiger partial charge in [-0.3, -0.25) is 14.2 Å². The molecule has 0 aliphatic heterocycles. The third kappa shape index (κ3) is 4.30. The van der Waals surface area contributed by atoms with Crippen molar-refractivity contribution >= 4 is 22.9 Å². The highest BCUT2D eigenvalue weighted by Crippen LogP contribution is 2.27. The predicted octanol–water partition coefficient (Wildman–Crippen LogP) is 5.89. The van der Waals surface area contributed by atoms with E-state index in [4.69, 9.17) is 4.98 Å². The molecule has 0 unspecified atom stereocenters. The van der Waals surface area contributed by atoms with E-state index < -0.39 is 0 Å². The SMILES string of the molecule is Cc1cccc(C(=O)Cc2ccc(C)c(Nc3nc(-c4cccnc4)cn4c(C)cnc34)c2)c1. The fourth-order valence-corrected chi connectivity index (χ4v) is 3.99. The highest BCUT2D eigenvalue weighted by atomic mass is 16.1. The summed E-state index contributed by atoms with van der Waals surface area (Å²) in [4.78, 5) is 26.5. The molecular formula is C28H25N5O. The van der Waals surface area contributed by atoms with Crippen LogP contribution in [0.25, 0.3) is 16.9 Å². The minimum absolute atomic E-state index is 0.0986. The van der Waals surface area contributed by atoms with E-state index in [2.05, 4.69) is 15.3 Å². The fraction of sp³-hybridized carbons (Fsp3) is 0.143. The Morgan fingerprint density at radius 2 is 1.88 bits per heavy atom. The Labute approximate surface area is 198 Å². The van der Waals surface area contributed by atoms with Gasteiger partial charge in [-0.1, -0.05) is 35.9 Å². The van der Waals surface area contributed by atoms with E-state index >= 15 is 0 Å². The molecule has 6 heteroatoms. The van der Waals surface area contributed by atoms with E-state index in [1.54, 1.807) is 12.4 Å². The van der Waals surface area contributed by atoms with Crippen LogP contribution in [0, 0.1) is 20.8 Å². The molecular weight excluding hydrogens is 422 g/mol. The third-order valence-electron chi connectivity index (χ3n) is 5.89. The Morgan fingerprint density at radius 1 is 1.00 bits per heavy atom. The van der Waals surface area contributed by atoms with Crippen molar-refractivity contribution in [3.63, 3.8) is 0 Å². The highest BCUT2D eigenvalue weighted by molar-refractivity contribution is 5.97. The summed E-state index contributed by atoms with van der Waals surface area (Å²) in [5, 5.41) is 3.48. The van der Waals surface area contributed by atoms with E-state index in [0.29, 0.717) is 12.2 Å². The molecule has 0 spiro atoms. The number of fused-ring (bicyclic) bond motifs is 1. The maximum absolute atomic E-state index is 12.8. The molecule has 0 fully saturated rings. The first-order valence-corrected chi connectivity index (χ1v) is 11.2. The molecule has 0 saturated carbocycles. The molecule has 2 aromatic carbocycles. The van der Waals surface area contributed by atoms with Crippen molar-refractivity contribution in [2.45, 2.75) is 27.2 Å². The van der Waals surface area contributed by atoms with Gasteiger partial charge >= 0.3 is 0 Å². The number of carbonyl (C=O) groups is 1. The topological polar surface area (TPSA) is 72.2 Å². The molecule has 168 valence electrons. The highest BCUT2D eigenvalue weighted by Gasteiger charge is 2.14. The Balaban J connectivity index is 1.50. The number of hydrogen-bond donors (Lipinski definition) is 1. The van der Waals surface area contributed by atoms with Crippen molar-refractivity contribution in [3.05, 3.63) is 107 Å². The van der Waals surface area contributed by atoms with Gasteiger partial charge in [-0.15, -0.1) is 0 Å². The summed E-state index contributed by atoms with van der Waals surface area (Å²) < 4.78 is 2.03. The summed E-state index contributed by atoms with van der Waals surface area (Å²) in [5.41, 5.74) is 8.19. The van der Waals surface area contributed by atoms with E-state index in [0.717, 1.165) is 50.5 Å². The lowest BCUT2D eigenvalue weighted by Crippen LogP contribution is -2.06. The van der Waals surface area contributed by atoms with E-state index in [-0.39, 0.29) is 5.78 Å². The number of imidazole rings is 1. The number of Topliss-reactive ketones (excluding diaryl/α,β-unsaturated/α-hetero) is 1. The van der Waals surface area contributed by atoms with Crippen LogP contribution in [-0.2, 0) is 6.42 Å². The average Bonchev–Trinajstić information content (AvgIpc) is 3.22. The van der Waals surface area contributed by atoms with Crippen LogP contribution in [0.3, 0.4) is 0 Å². The van der Waals surface area contributed by atoms with Crippen LogP contribution in [0.4, 0.5) is 11.5 Å². The van der Waals surface area contributed by atoms with Crippen LogP contribution in [0.5, 0.6) is 0 Å². The van der Waals surface area contributed by atoms with Gasteiger partial charge in [0.15, 0.2) is 17.2 Å². The van der Waals surface area contributed by atoms with Gasteiger partial charge in [-0.2, -0.15) is 0 Å². The number of aryl methyl sites for hydroxylation is 3. The zero-order valence-electron chi connectivity index (χ0n) is 19.4. The van der Waals surface area contributed by atoms with Crippen LogP contribution < -0.4 is 5.32 Å². The number of ketones is 1. The number of nitrogens with zero attached hydrogens (tertiary/aromatic N) is 4. The molecule has 5 rings (SSSR count). The summed E-state index contributed by atoms with van der Waals surface area (Å²) in [5.74, 6) is 0.751.